The highest BCUT2D eigenvalue weighted by Gasteiger charge is 2.36. The molecule has 1 aliphatic rings. The molecule has 0 aliphatic carbocycles. The van der Waals surface area contributed by atoms with Crippen LogP contribution in [0, 0.1) is 17.4 Å². The first-order valence-electron chi connectivity index (χ1n) is 32.6. The maximum absolute atomic E-state index is 14.6. The number of amides is 8. The van der Waals surface area contributed by atoms with Gasteiger partial charge in [0.1, 0.15) is 29.9 Å². The molecule has 0 spiro atoms. The number of hydrogen-bond donors (Lipinski definition) is 11. The van der Waals surface area contributed by atoms with Crippen LogP contribution >= 0.6 is 22.6 Å². The quantitative estimate of drug-likeness (QED) is 0.00959. The molecular weight excluding hydrogens is 1310 g/mol. The minimum atomic E-state index is -1.23. The maximum Gasteiger partial charge on any atom is 0.303 e. The van der Waals surface area contributed by atoms with E-state index in [2.05, 4.69) is 90.7 Å². The van der Waals surface area contributed by atoms with Crippen LogP contribution in [0.3, 0.4) is 0 Å². The number of likely N-dealkylation sites (N-methyl/N-ethyl adjacent to an activating group) is 1. The Bertz CT molecular complexity index is 3320. The molecule has 5 atom stereocenters. The van der Waals surface area contributed by atoms with Crippen molar-refractivity contribution in [3.05, 3.63) is 146 Å². The third-order valence-electron chi connectivity index (χ3n) is 16.1. The fraction of sp³-hybridized carbons (Fsp3) is 0.465. The molecule has 1 aliphatic heterocycles. The van der Waals surface area contributed by atoms with Gasteiger partial charge in [-0.3, -0.25) is 48.1 Å². The minimum Gasteiger partial charge on any atom is -0.507 e. The van der Waals surface area contributed by atoms with Crippen molar-refractivity contribution in [1.29, 1.82) is 0 Å². The van der Waals surface area contributed by atoms with Crippen LogP contribution in [0.1, 0.15) is 137 Å². The predicted molar refractivity (Wildman–Crippen MR) is 373 cm³/mol. The summed E-state index contributed by atoms with van der Waals surface area (Å²) in [6.45, 7) is 6.55. The number of nitrogens with one attached hydrogen (secondary N) is 7. The van der Waals surface area contributed by atoms with Crippen LogP contribution in [0.2, 0.25) is 0 Å². The molecule has 0 radical (unpaired) electrons. The summed E-state index contributed by atoms with van der Waals surface area (Å²) in [6.07, 6.45) is 8.66. The van der Waals surface area contributed by atoms with Crippen molar-refractivity contribution in [2.75, 3.05) is 39.8 Å². The number of carboxylic acid groups (broad SMARTS) is 1. The molecular formula is C71H96IN11O11. The fourth-order valence-electron chi connectivity index (χ4n) is 10.6. The smallest absolute Gasteiger partial charge is 0.303 e. The van der Waals surface area contributed by atoms with Gasteiger partial charge >= 0.3 is 5.97 Å². The molecule has 23 heteroatoms. The van der Waals surface area contributed by atoms with Crippen molar-refractivity contribution in [3.63, 3.8) is 0 Å². The number of unbranched alkanes of at least 4 members (excludes halogenated alkanes) is 3. The third-order valence-corrected chi connectivity index (χ3v) is 16.9. The summed E-state index contributed by atoms with van der Waals surface area (Å²) in [5, 5.41) is 40.4. The number of benzene rings is 5. The van der Waals surface area contributed by atoms with Crippen molar-refractivity contribution < 1.29 is 53.4 Å². The van der Waals surface area contributed by atoms with Gasteiger partial charge in [0.2, 0.25) is 47.3 Å². The predicted octanol–water partition coefficient (Wildman–Crippen LogP) is 6.42. The number of nitrogens with two attached hydrogens (primary N) is 2. The van der Waals surface area contributed by atoms with Gasteiger partial charge in [-0.1, -0.05) is 115 Å². The summed E-state index contributed by atoms with van der Waals surface area (Å²) in [7, 11) is 1.44. The van der Waals surface area contributed by atoms with Crippen molar-refractivity contribution >= 4 is 92.4 Å². The Labute approximate surface area is 565 Å². The number of aliphatic imine (C=N–C) groups is 1. The second-order valence-electron chi connectivity index (χ2n) is 24.1. The standard InChI is InChI=1S/C60H82IN11O9.C11H14O2/c1-39-22-24-41(25-23-39)14-11-21-54(75)65-30-10-8-17-47(63)56(77)67-31-9-4-5-20-53(74)66-33-13-19-51-59(80)70-48(18-12-32-64-40(2)62)58(79)71-49(36-42-26-28-44-15-6-7-16-45(44)34-42)57(78)68-38-55(76)69-50(60(81)72(51)3)37-43-27-29-52(73)46(61)35-43;1-9-5-7-10(8-6-9)3-2-4-11(12)13/h6-7,15-16,22-29,34-35,47-51,73H,4-5,8-14,17-21,30-33,36-38,63H2,1-3H3,(H2,62,64)(H,65,75)(H,66,74)(H,67,77)(H,68,78)(H,69,76)(H,70,80)(H,71,79);5-8H,2-4H2,1H3,(H,12,13)/t47?,48-,49-,50+,51+;/m0./s1. The van der Waals surface area contributed by atoms with Crippen molar-refractivity contribution in [1.82, 2.24) is 42.1 Å². The highest BCUT2D eigenvalue weighted by Crippen LogP contribution is 2.23. The van der Waals surface area contributed by atoms with Crippen LogP contribution in [0.4, 0.5) is 0 Å². The van der Waals surface area contributed by atoms with Crippen LogP contribution in [0.15, 0.2) is 114 Å². The highest BCUT2D eigenvalue weighted by atomic mass is 127. The number of phenols is 1. The van der Waals surface area contributed by atoms with Crippen molar-refractivity contribution in [2.24, 2.45) is 16.5 Å². The fourth-order valence-corrected chi connectivity index (χ4v) is 11.2. The number of aryl methyl sites for hydroxylation is 4. The van der Waals surface area contributed by atoms with Gasteiger partial charge in [0.15, 0.2) is 0 Å². The molecule has 1 unspecified atom stereocenters. The Balaban J connectivity index is 0.00000109. The maximum atomic E-state index is 14.6. The summed E-state index contributed by atoms with van der Waals surface area (Å²) in [4.78, 5) is 125. The van der Waals surface area contributed by atoms with E-state index in [4.69, 9.17) is 16.6 Å². The number of phenolic OH excluding ortho intramolecular Hbond substituents is 1. The van der Waals surface area contributed by atoms with Gasteiger partial charge < -0.3 is 63.8 Å². The number of halogens is 1. The van der Waals surface area contributed by atoms with Crippen molar-refractivity contribution in [3.8, 4) is 5.75 Å². The van der Waals surface area contributed by atoms with Gasteiger partial charge in [-0.25, -0.2) is 0 Å². The van der Waals surface area contributed by atoms with E-state index in [-0.39, 0.29) is 81.5 Å². The lowest BCUT2D eigenvalue weighted by molar-refractivity contribution is -0.142. The average Bonchev–Trinajstić information content (AvgIpc) is 1.14. The summed E-state index contributed by atoms with van der Waals surface area (Å²) in [5.41, 5.74) is 18.1. The van der Waals surface area contributed by atoms with Gasteiger partial charge in [-0.2, -0.15) is 0 Å². The molecule has 5 aromatic carbocycles. The number of aromatic hydroxyl groups is 1. The molecule has 22 nitrogen and oxygen atoms in total. The Hall–Kier alpha value is -8.45. The molecule has 508 valence electrons. The molecule has 0 aromatic heterocycles. The topological polar surface area (TPSA) is 346 Å². The number of amidine groups is 1. The van der Waals surface area contributed by atoms with Crippen LogP contribution in [-0.4, -0.2) is 144 Å². The molecule has 13 N–H and O–H groups in total. The number of carboxylic acids is 1. The van der Waals surface area contributed by atoms with E-state index in [1.54, 1.807) is 19.1 Å². The van der Waals surface area contributed by atoms with E-state index in [0.717, 1.165) is 42.0 Å². The van der Waals surface area contributed by atoms with Crippen LogP contribution in [0.5, 0.6) is 5.75 Å². The first kappa shape index (κ1) is 76.3. The van der Waals surface area contributed by atoms with E-state index < -0.39 is 72.3 Å². The van der Waals surface area contributed by atoms with E-state index in [9.17, 15) is 48.3 Å². The number of aliphatic carboxylic acids is 1. The van der Waals surface area contributed by atoms with Gasteiger partial charge in [0, 0.05) is 65.3 Å². The molecule has 8 amide bonds. The van der Waals surface area contributed by atoms with Crippen LogP contribution in [0.25, 0.3) is 10.8 Å². The second kappa shape index (κ2) is 41.3. The molecule has 0 bridgehead atoms. The van der Waals surface area contributed by atoms with Crippen LogP contribution < -0.4 is 48.7 Å². The lowest BCUT2D eigenvalue weighted by Gasteiger charge is -2.32. The Morgan fingerprint density at radius 3 is 1.83 bits per heavy atom. The van der Waals surface area contributed by atoms with Gasteiger partial charge in [-0.15, -0.1) is 0 Å². The Morgan fingerprint density at radius 1 is 0.617 bits per heavy atom. The number of carbonyl (C=O) groups excluding carboxylic acids is 8. The van der Waals surface area contributed by atoms with E-state index in [1.165, 1.54) is 40.3 Å². The van der Waals surface area contributed by atoms with Gasteiger partial charge in [0.05, 0.1) is 22.0 Å². The summed E-state index contributed by atoms with van der Waals surface area (Å²) >= 11 is 1.96. The molecule has 6 rings (SSSR count). The minimum absolute atomic E-state index is 0.0154. The van der Waals surface area contributed by atoms with Gasteiger partial charge in [0.25, 0.3) is 0 Å². The molecule has 1 saturated heterocycles. The number of carbonyl (C=O) groups is 9. The first-order valence-corrected chi connectivity index (χ1v) is 33.7. The highest BCUT2D eigenvalue weighted by molar-refractivity contribution is 14.1. The summed E-state index contributed by atoms with van der Waals surface area (Å²) in [5.74, 6) is -4.08. The van der Waals surface area contributed by atoms with E-state index >= 15 is 0 Å². The number of fused-ring (bicyclic) bond motifs is 1. The van der Waals surface area contributed by atoms with Gasteiger partial charge in [-0.05, 0) is 172 Å². The average molecular weight is 1410 g/mol. The molecule has 5 aromatic rings. The monoisotopic (exact) mass is 1410 g/mol. The number of nitrogens with zero attached hydrogens (tertiary/aromatic N) is 2. The molecule has 1 heterocycles. The Kier molecular flexibility index (Phi) is 33.5. The normalized spacial score (nSPS) is 16.8. The summed E-state index contributed by atoms with van der Waals surface area (Å²) < 4.78 is 0.516. The zero-order chi connectivity index (χ0) is 68.4. The Morgan fingerprint density at radius 2 is 1.18 bits per heavy atom. The molecule has 0 saturated carbocycles. The number of hydrogen-bond acceptors (Lipinski definition) is 12. The molecule has 1 fully saturated rings. The largest absolute Gasteiger partial charge is 0.507 e. The lowest BCUT2D eigenvalue weighted by Crippen LogP contribution is -2.58. The second-order valence-corrected chi connectivity index (χ2v) is 25.2. The molecule has 94 heavy (non-hydrogen) atoms. The van der Waals surface area contributed by atoms with Crippen LogP contribution in [-0.2, 0) is 68.8 Å². The SMILES string of the molecule is CC(N)=NCCC[C@@H]1NC(=O)[C@@H](CCCNC(=O)CCCCCNC(=O)C(N)CCCCNC(=O)CCCc2ccc(C)cc2)N(C)C(=O)[C@@H](Cc2ccc(O)c(I)c2)NC(=O)CNC(=O)[C@H](Cc2ccc3ccccc3c2)NC1=O.Cc1ccc(CCCC(=O)O)cc1. The van der Waals surface area contributed by atoms with Crippen molar-refractivity contribution in [2.45, 2.75) is 173 Å². The number of rotatable bonds is 32. The first-order chi connectivity index (χ1) is 45.0. The zero-order valence-electron chi connectivity index (χ0n) is 54.7. The zero-order valence-corrected chi connectivity index (χ0v) is 56.9. The van der Waals surface area contributed by atoms with E-state index in [1.807, 2.05) is 78.9 Å². The summed E-state index contributed by atoms with van der Waals surface area (Å²) in [6, 6.07) is 29.3. The van der Waals surface area contributed by atoms with E-state index in [0.29, 0.717) is 79.4 Å². The third kappa shape index (κ3) is 28.8. The lowest BCUT2D eigenvalue weighted by atomic mass is 10.00.